The normalized spacial score (nSPS) is 33.3. The summed E-state index contributed by atoms with van der Waals surface area (Å²) in [6.07, 6.45) is -2.18. The summed E-state index contributed by atoms with van der Waals surface area (Å²) in [5.74, 6) is 0. The van der Waals surface area contributed by atoms with Crippen molar-refractivity contribution in [2.75, 3.05) is 6.67 Å². The fraction of sp³-hybridized carbons (Fsp3) is 0.600. The fourth-order valence-corrected chi connectivity index (χ4v) is 1.12. The van der Waals surface area contributed by atoms with E-state index >= 15 is 0 Å². The predicted molar refractivity (Wildman–Crippen MR) is 34.2 cm³/mol. The van der Waals surface area contributed by atoms with Gasteiger partial charge in [0.2, 0.25) is 0 Å². The van der Waals surface area contributed by atoms with E-state index in [1.807, 2.05) is 5.32 Å². The van der Waals surface area contributed by atoms with Crippen LogP contribution in [0.5, 0.6) is 0 Å². The third kappa shape index (κ3) is 1.14. The first-order chi connectivity index (χ1) is 5.17. The molecule has 2 aliphatic rings. The smallest absolute Gasteiger partial charge is 0.372 e. The Labute approximate surface area is 62.0 Å². The monoisotopic (exact) mass is 162 g/mol. The average molecular weight is 162 g/mol. The van der Waals surface area contributed by atoms with Crippen molar-refractivity contribution >= 4 is 0 Å². The summed E-state index contributed by atoms with van der Waals surface area (Å²) in [7, 11) is 0. The molecule has 1 saturated heterocycles. The van der Waals surface area contributed by atoms with Crippen LogP contribution in [-0.2, 0) is 0 Å². The van der Waals surface area contributed by atoms with Gasteiger partial charge in [-0.15, -0.1) is 0 Å². The van der Waals surface area contributed by atoms with Gasteiger partial charge in [-0.25, -0.2) is 5.32 Å². The lowest BCUT2D eigenvalue weighted by atomic mass is 10.3. The van der Waals surface area contributed by atoms with Crippen LogP contribution in [0.1, 0.15) is 0 Å². The molecule has 0 aromatic rings. The largest absolute Gasteiger partial charge is 0.387 e. The van der Waals surface area contributed by atoms with Crippen molar-refractivity contribution in [1.82, 2.24) is 21.3 Å². The van der Waals surface area contributed by atoms with Gasteiger partial charge in [-0.3, -0.25) is 5.32 Å². The number of hydrogen-bond acceptors (Lipinski definition) is 4. The van der Waals surface area contributed by atoms with Crippen LogP contribution >= 0.6 is 0 Å². The summed E-state index contributed by atoms with van der Waals surface area (Å²) in [5.41, 5.74) is 0.718. The first kappa shape index (κ1) is 6.81. The van der Waals surface area contributed by atoms with Gasteiger partial charge in [-0.2, -0.15) is 8.78 Å². The van der Waals surface area contributed by atoms with Gasteiger partial charge in [0.1, 0.15) is 6.17 Å². The SMILES string of the molecule is FC1(F)NC=C2NCN[C@H]2N1. The minimum atomic E-state index is -3.01. The van der Waals surface area contributed by atoms with Crippen molar-refractivity contribution in [1.29, 1.82) is 0 Å². The Morgan fingerprint density at radius 1 is 1.55 bits per heavy atom. The highest BCUT2D eigenvalue weighted by Gasteiger charge is 2.37. The van der Waals surface area contributed by atoms with E-state index in [9.17, 15) is 8.78 Å². The van der Waals surface area contributed by atoms with Crippen LogP contribution in [0.4, 0.5) is 8.78 Å². The van der Waals surface area contributed by atoms with Crippen LogP contribution in [0.2, 0.25) is 0 Å². The lowest BCUT2D eigenvalue weighted by molar-refractivity contribution is -0.0697. The Bertz CT molecular complexity index is 203. The molecule has 0 aliphatic carbocycles. The molecule has 2 heterocycles. The summed E-state index contributed by atoms with van der Waals surface area (Å²) in [6, 6.07) is 0. The Morgan fingerprint density at radius 2 is 2.36 bits per heavy atom. The first-order valence-electron chi connectivity index (χ1n) is 3.28. The highest BCUT2D eigenvalue weighted by Crippen LogP contribution is 2.14. The molecule has 0 aromatic carbocycles. The van der Waals surface area contributed by atoms with E-state index in [-0.39, 0.29) is 0 Å². The van der Waals surface area contributed by atoms with Gasteiger partial charge in [0.25, 0.3) is 0 Å². The summed E-state index contributed by atoms with van der Waals surface area (Å²) in [4.78, 5) is 0. The molecule has 6 heteroatoms. The molecule has 1 fully saturated rings. The zero-order chi connectivity index (χ0) is 7.90. The lowest BCUT2D eigenvalue weighted by Gasteiger charge is -2.27. The number of fused-ring (bicyclic) bond motifs is 1. The number of alkyl halides is 2. The second-order valence-corrected chi connectivity index (χ2v) is 2.45. The summed E-state index contributed by atoms with van der Waals surface area (Å²) >= 11 is 0. The number of nitrogens with one attached hydrogen (secondary N) is 4. The first-order valence-corrected chi connectivity index (χ1v) is 3.28. The van der Waals surface area contributed by atoms with Gasteiger partial charge in [0.15, 0.2) is 0 Å². The molecule has 0 saturated carbocycles. The van der Waals surface area contributed by atoms with Crippen LogP contribution in [0.25, 0.3) is 0 Å². The van der Waals surface area contributed by atoms with Gasteiger partial charge in [0.05, 0.1) is 12.4 Å². The Kier molecular flexibility index (Phi) is 1.27. The van der Waals surface area contributed by atoms with E-state index in [2.05, 4.69) is 16.0 Å². The van der Waals surface area contributed by atoms with Crippen LogP contribution in [0.15, 0.2) is 11.9 Å². The molecule has 1 atom stereocenters. The Hall–Kier alpha value is -0.880. The van der Waals surface area contributed by atoms with Crippen molar-refractivity contribution in [3.63, 3.8) is 0 Å². The summed E-state index contributed by atoms with van der Waals surface area (Å²) < 4.78 is 25.0. The zero-order valence-corrected chi connectivity index (χ0v) is 5.62. The van der Waals surface area contributed by atoms with E-state index in [0.717, 1.165) is 5.70 Å². The molecule has 0 amide bonds. The van der Waals surface area contributed by atoms with Crippen LogP contribution in [-0.4, -0.2) is 19.0 Å². The highest BCUT2D eigenvalue weighted by atomic mass is 19.3. The molecule has 2 rings (SSSR count). The van der Waals surface area contributed by atoms with Crippen molar-refractivity contribution in [3.05, 3.63) is 11.9 Å². The summed E-state index contributed by atoms with van der Waals surface area (Å²) in [6.45, 7) is 0.515. The molecule has 0 aromatic heterocycles. The van der Waals surface area contributed by atoms with Gasteiger partial charge in [-0.1, -0.05) is 0 Å². The third-order valence-corrected chi connectivity index (χ3v) is 1.64. The maximum absolute atomic E-state index is 12.5. The van der Waals surface area contributed by atoms with Crippen molar-refractivity contribution < 1.29 is 8.78 Å². The van der Waals surface area contributed by atoms with E-state index in [1.54, 1.807) is 0 Å². The number of halogens is 2. The molecular weight excluding hydrogens is 154 g/mol. The predicted octanol–water partition coefficient (Wildman–Crippen LogP) is -0.953. The minimum Gasteiger partial charge on any atom is -0.372 e. The maximum atomic E-state index is 12.5. The van der Waals surface area contributed by atoms with Gasteiger partial charge in [-0.05, 0) is 0 Å². The molecule has 11 heavy (non-hydrogen) atoms. The molecule has 4 N–H and O–H groups in total. The lowest BCUT2D eigenvalue weighted by Crippen LogP contribution is -2.58. The summed E-state index contributed by atoms with van der Waals surface area (Å²) in [5, 5.41) is 9.68. The van der Waals surface area contributed by atoms with E-state index in [0.29, 0.717) is 6.67 Å². The molecule has 4 nitrogen and oxygen atoms in total. The van der Waals surface area contributed by atoms with Crippen molar-refractivity contribution in [2.24, 2.45) is 0 Å². The molecular formula is C5H8F2N4. The molecule has 0 radical (unpaired) electrons. The zero-order valence-electron chi connectivity index (χ0n) is 5.62. The fourth-order valence-electron chi connectivity index (χ4n) is 1.12. The second kappa shape index (κ2) is 2.05. The van der Waals surface area contributed by atoms with E-state index in [1.165, 1.54) is 6.20 Å². The third-order valence-electron chi connectivity index (χ3n) is 1.64. The molecule has 0 spiro atoms. The van der Waals surface area contributed by atoms with Crippen molar-refractivity contribution in [3.8, 4) is 0 Å². The average Bonchev–Trinajstić information content (AvgIpc) is 2.31. The highest BCUT2D eigenvalue weighted by molar-refractivity contribution is 5.14. The standard InChI is InChI=1S/C5H8F2N4/c6-5(7)10-1-3-4(11-5)9-2-8-3/h1,4,8-11H,2H2/t4-/m0/s1. The van der Waals surface area contributed by atoms with Crippen LogP contribution in [0, 0.1) is 0 Å². The Balaban J connectivity index is 2.16. The van der Waals surface area contributed by atoms with Gasteiger partial charge < -0.3 is 10.6 Å². The Morgan fingerprint density at radius 3 is 3.18 bits per heavy atom. The second-order valence-electron chi connectivity index (χ2n) is 2.45. The molecule has 0 unspecified atom stereocenters. The molecule has 2 aliphatic heterocycles. The van der Waals surface area contributed by atoms with E-state index < -0.39 is 12.3 Å². The number of rotatable bonds is 0. The molecule has 0 bridgehead atoms. The molecule has 62 valence electrons. The quantitative estimate of drug-likeness (QED) is 0.347. The maximum Gasteiger partial charge on any atom is 0.387 e. The van der Waals surface area contributed by atoms with Crippen LogP contribution in [0.3, 0.4) is 0 Å². The van der Waals surface area contributed by atoms with Crippen LogP contribution < -0.4 is 21.3 Å². The van der Waals surface area contributed by atoms with Crippen molar-refractivity contribution in [2.45, 2.75) is 12.3 Å². The topological polar surface area (TPSA) is 48.1 Å². The van der Waals surface area contributed by atoms with E-state index in [4.69, 9.17) is 0 Å². The van der Waals surface area contributed by atoms with Gasteiger partial charge in [0, 0.05) is 6.20 Å². The number of hydrogen-bond donors (Lipinski definition) is 4. The minimum absolute atomic E-state index is 0.453. The van der Waals surface area contributed by atoms with Gasteiger partial charge >= 0.3 is 6.17 Å².